The molecule has 0 aliphatic heterocycles. The Kier molecular flexibility index (Phi) is 9.53. The summed E-state index contributed by atoms with van der Waals surface area (Å²) in [5.74, 6) is 1.03. The highest BCUT2D eigenvalue weighted by atomic mass is 16.5. The molecule has 0 bridgehead atoms. The summed E-state index contributed by atoms with van der Waals surface area (Å²) in [4.78, 5) is 26.6. The van der Waals surface area contributed by atoms with Gasteiger partial charge in [-0.3, -0.25) is 4.79 Å². The quantitative estimate of drug-likeness (QED) is 0.284. The van der Waals surface area contributed by atoms with Crippen LogP contribution in [0.5, 0.6) is 11.5 Å². The molecule has 2 amide bonds. The number of rotatable bonds is 14. The van der Waals surface area contributed by atoms with Crippen LogP contribution in [0.2, 0.25) is 0 Å². The molecule has 0 radical (unpaired) electrons. The molecule has 2 saturated carbocycles. The van der Waals surface area contributed by atoms with E-state index in [2.05, 4.69) is 48.6 Å². The van der Waals surface area contributed by atoms with Crippen LogP contribution in [0.15, 0.2) is 42.5 Å². The fourth-order valence-corrected chi connectivity index (χ4v) is 5.29. The minimum Gasteiger partial charge on any atom is -0.493 e. The lowest BCUT2D eigenvalue weighted by atomic mass is 9.80. The largest absolute Gasteiger partial charge is 0.493 e. The maximum absolute atomic E-state index is 13.5. The summed E-state index contributed by atoms with van der Waals surface area (Å²) < 4.78 is 12.1. The van der Waals surface area contributed by atoms with Gasteiger partial charge in [0.15, 0.2) is 0 Å². The molecular weight excluding hydrogens is 480 g/mol. The average Bonchev–Trinajstić information content (AvgIpc) is 3.71. The third-order valence-corrected chi connectivity index (χ3v) is 7.69. The summed E-state index contributed by atoms with van der Waals surface area (Å²) in [5.41, 5.74) is 3.43. The van der Waals surface area contributed by atoms with Crippen molar-refractivity contribution in [1.82, 2.24) is 10.2 Å². The average molecular weight is 523 g/mol. The maximum Gasteiger partial charge on any atom is 0.318 e. The summed E-state index contributed by atoms with van der Waals surface area (Å²) in [7, 11) is 0. The highest BCUT2D eigenvalue weighted by molar-refractivity contribution is 5.76. The van der Waals surface area contributed by atoms with E-state index in [4.69, 9.17) is 9.47 Å². The van der Waals surface area contributed by atoms with Crippen molar-refractivity contribution in [3.63, 3.8) is 0 Å². The molecule has 4 rings (SSSR count). The molecule has 38 heavy (non-hydrogen) atoms. The van der Waals surface area contributed by atoms with Crippen molar-refractivity contribution in [1.29, 1.82) is 0 Å². The Morgan fingerprint density at radius 3 is 2.21 bits per heavy atom. The smallest absolute Gasteiger partial charge is 0.318 e. The number of carbonyl (C=O) groups excluding carboxylic acids is 1. The molecule has 2 aliphatic rings. The number of ether oxygens (including phenoxy) is 2. The number of carboxylic acids is 1. The van der Waals surface area contributed by atoms with Crippen molar-refractivity contribution < 1.29 is 24.2 Å². The Bertz CT molecular complexity index is 1050. The highest BCUT2D eigenvalue weighted by Crippen LogP contribution is 2.50. The normalized spacial score (nSPS) is 19.2. The monoisotopic (exact) mass is 522 g/mol. The van der Waals surface area contributed by atoms with Gasteiger partial charge in [0.05, 0.1) is 25.2 Å². The standard InChI is InChI=1S/C31H42N2O5/c1-4-37-27-19-24(20-28(38-5-2)29(27)23-14-15-23)21(3)33(16-10-9-13-22-11-7-6-8-12-22)31(36)32-26-17-25(18-26)30(34)35/h6-8,11-12,19-21,23,25-26H,4-5,9-10,13-18H2,1-3H3,(H,32,36)(H,34,35)/t21-,25?,26?/m1/s1. The van der Waals surface area contributed by atoms with Gasteiger partial charge < -0.3 is 24.8 Å². The van der Waals surface area contributed by atoms with Crippen LogP contribution in [0.1, 0.15) is 87.9 Å². The van der Waals surface area contributed by atoms with E-state index in [0.717, 1.165) is 54.7 Å². The molecule has 7 nitrogen and oxygen atoms in total. The molecule has 1 atom stereocenters. The van der Waals surface area contributed by atoms with Gasteiger partial charge in [0.1, 0.15) is 11.5 Å². The lowest BCUT2D eigenvalue weighted by Crippen LogP contribution is -2.51. The second kappa shape index (κ2) is 13.0. The van der Waals surface area contributed by atoms with E-state index in [-0.39, 0.29) is 24.0 Å². The molecule has 2 aromatic rings. The van der Waals surface area contributed by atoms with Crippen LogP contribution in [0.4, 0.5) is 4.79 Å². The number of amides is 2. The molecule has 2 aliphatic carbocycles. The topological polar surface area (TPSA) is 88.1 Å². The van der Waals surface area contributed by atoms with Gasteiger partial charge in [0, 0.05) is 18.2 Å². The zero-order valence-electron chi connectivity index (χ0n) is 22.9. The first kappa shape index (κ1) is 27.8. The summed E-state index contributed by atoms with van der Waals surface area (Å²) in [6, 6.07) is 14.1. The zero-order valence-corrected chi connectivity index (χ0v) is 22.9. The Balaban J connectivity index is 1.51. The molecule has 0 spiro atoms. The van der Waals surface area contributed by atoms with Crippen molar-refractivity contribution in [3.05, 3.63) is 59.2 Å². The molecular formula is C31H42N2O5. The van der Waals surface area contributed by atoms with Gasteiger partial charge >= 0.3 is 12.0 Å². The summed E-state index contributed by atoms with van der Waals surface area (Å²) in [5, 5.41) is 12.3. The van der Waals surface area contributed by atoms with Gasteiger partial charge in [0.25, 0.3) is 0 Å². The van der Waals surface area contributed by atoms with Crippen LogP contribution in [0.3, 0.4) is 0 Å². The molecule has 0 aromatic heterocycles. The van der Waals surface area contributed by atoms with Crippen LogP contribution in [0, 0.1) is 5.92 Å². The number of unbranched alkanes of at least 4 members (excludes halogenated alkanes) is 1. The van der Waals surface area contributed by atoms with Crippen LogP contribution in [-0.4, -0.2) is 47.8 Å². The number of hydrogen-bond acceptors (Lipinski definition) is 4. The maximum atomic E-state index is 13.5. The molecule has 7 heteroatoms. The van der Waals surface area contributed by atoms with Gasteiger partial charge in [-0.05, 0) is 94.9 Å². The van der Waals surface area contributed by atoms with Gasteiger partial charge in [-0.15, -0.1) is 0 Å². The van der Waals surface area contributed by atoms with Gasteiger partial charge in [0.2, 0.25) is 0 Å². The molecule has 206 valence electrons. The van der Waals surface area contributed by atoms with E-state index >= 15 is 0 Å². The number of carboxylic acid groups (broad SMARTS) is 1. The number of hydrogen-bond donors (Lipinski definition) is 2. The molecule has 2 fully saturated rings. The SMILES string of the molecule is CCOc1cc([C@@H](C)N(CCCCc2ccccc2)C(=O)NC2CC(C(=O)O)C2)cc(OCC)c1C1CC1. The number of nitrogens with one attached hydrogen (secondary N) is 1. The van der Waals surface area contributed by atoms with Crippen LogP contribution in [-0.2, 0) is 11.2 Å². The van der Waals surface area contributed by atoms with E-state index in [1.807, 2.05) is 24.8 Å². The highest BCUT2D eigenvalue weighted by Gasteiger charge is 2.37. The summed E-state index contributed by atoms with van der Waals surface area (Å²) >= 11 is 0. The van der Waals surface area contributed by atoms with E-state index in [1.165, 1.54) is 5.56 Å². The van der Waals surface area contributed by atoms with Crippen LogP contribution in [0.25, 0.3) is 0 Å². The minimum absolute atomic E-state index is 0.0992. The van der Waals surface area contributed by atoms with E-state index in [9.17, 15) is 14.7 Å². The Morgan fingerprint density at radius 1 is 1.03 bits per heavy atom. The van der Waals surface area contributed by atoms with Gasteiger partial charge in [-0.2, -0.15) is 0 Å². The Morgan fingerprint density at radius 2 is 1.66 bits per heavy atom. The van der Waals surface area contributed by atoms with Crippen LogP contribution >= 0.6 is 0 Å². The van der Waals surface area contributed by atoms with Crippen molar-refractivity contribution in [2.45, 2.75) is 83.7 Å². The van der Waals surface area contributed by atoms with E-state index in [1.54, 1.807) is 0 Å². The second-order valence-corrected chi connectivity index (χ2v) is 10.5. The van der Waals surface area contributed by atoms with Gasteiger partial charge in [-0.25, -0.2) is 4.79 Å². The van der Waals surface area contributed by atoms with Crippen molar-refractivity contribution in [3.8, 4) is 11.5 Å². The zero-order chi connectivity index (χ0) is 27.1. The Labute approximate surface area is 226 Å². The van der Waals surface area contributed by atoms with E-state index < -0.39 is 5.97 Å². The third kappa shape index (κ3) is 7.00. The fraction of sp³-hybridized carbons (Fsp3) is 0.548. The fourth-order valence-electron chi connectivity index (χ4n) is 5.29. The van der Waals surface area contributed by atoms with Gasteiger partial charge in [-0.1, -0.05) is 30.3 Å². The lowest BCUT2D eigenvalue weighted by molar-refractivity contribution is -0.145. The van der Waals surface area contributed by atoms with E-state index in [0.29, 0.717) is 38.5 Å². The third-order valence-electron chi connectivity index (χ3n) is 7.69. The van der Waals surface area contributed by atoms with Crippen molar-refractivity contribution in [2.75, 3.05) is 19.8 Å². The Hall–Kier alpha value is -3.22. The number of aryl methyl sites for hydroxylation is 1. The number of carbonyl (C=O) groups is 2. The molecule has 2 aromatic carbocycles. The first-order valence-corrected chi connectivity index (χ1v) is 14.2. The second-order valence-electron chi connectivity index (χ2n) is 10.5. The number of aliphatic carboxylic acids is 1. The first-order chi connectivity index (χ1) is 18.4. The van der Waals surface area contributed by atoms with Crippen molar-refractivity contribution >= 4 is 12.0 Å². The molecule has 0 saturated heterocycles. The predicted octanol–water partition coefficient (Wildman–Crippen LogP) is 6.32. The molecule has 0 unspecified atom stereocenters. The minimum atomic E-state index is -0.788. The lowest BCUT2D eigenvalue weighted by Gasteiger charge is -2.37. The summed E-state index contributed by atoms with van der Waals surface area (Å²) in [6.45, 7) is 7.77. The van der Waals surface area contributed by atoms with Crippen LogP contribution < -0.4 is 14.8 Å². The molecule has 0 heterocycles. The number of nitrogens with zero attached hydrogens (tertiary/aromatic N) is 1. The number of urea groups is 1. The first-order valence-electron chi connectivity index (χ1n) is 14.2. The number of benzene rings is 2. The predicted molar refractivity (Wildman–Crippen MR) is 148 cm³/mol. The summed E-state index contributed by atoms with van der Waals surface area (Å²) in [6.07, 6.45) is 6.05. The molecule has 2 N–H and O–H groups in total. The van der Waals surface area contributed by atoms with Crippen molar-refractivity contribution in [2.24, 2.45) is 5.92 Å².